The van der Waals surface area contributed by atoms with Gasteiger partial charge in [0.1, 0.15) is 11.5 Å². The number of hydrogen-bond donors (Lipinski definition) is 2. The summed E-state index contributed by atoms with van der Waals surface area (Å²) in [7, 11) is 2.80. The minimum Gasteiger partial charge on any atom is -0.493 e. The second-order valence-corrected chi connectivity index (χ2v) is 8.98. The van der Waals surface area contributed by atoms with E-state index < -0.39 is 5.97 Å². The number of nitriles is 1. The predicted octanol–water partition coefficient (Wildman–Crippen LogP) is 3.56. The Balaban J connectivity index is 0.00000684. The van der Waals surface area contributed by atoms with Gasteiger partial charge in [-0.3, -0.25) is 9.59 Å². The molecule has 2 aromatic rings. The molecule has 0 aliphatic rings. The van der Waals surface area contributed by atoms with E-state index >= 15 is 0 Å². The molecule has 2 aromatic carbocycles. The third kappa shape index (κ3) is 8.48. The van der Waals surface area contributed by atoms with Crippen LogP contribution in [0.5, 0.6) is 11.5 Å². The Morgan fingerprint density at radius 1 is 1.05 bits per heavy atom. The van der Waals surface area contributed by atoms with Crippen LogP contribution in [0, 0.1) is 11.3 Å². The maximum atomic E-state index is 12.9. The van der Waals surface area contributed by atoms with Gasteiger partial charge >= 0.3 is 5.97 Å². The number of amides is 1. The third-order valence-corrected chi connectivity index (χ3v) is 5.38. The van der Waals surface area contributed by atoms with E-state index in [-0.39, 0.29) is 54.8 Å². The molecule has 2 rings (SSSR count). The van der Waals surface area contributed by atoms with Crippen LogP contribution < -0.4 is 20.1 Å². The number of nitrogens with zero attached hydrogens (tertiary/aromatic N) is 1. The molecule has 0 aromatic heterocycles. The van der Waals surface area contributed by atoms with Crippen molar-refractivity contribution in [1.29, 1.82) is 5.26 Å². The van der Waals surface area contributed by atoms with Gasteiger partial charge in [-0.15, -0.1) is 12.4 Å². The number of rotatable bonds is 11. The summed E-state index contributed by atoms with van der Waals surface area (Å²) in [5.41, 5.74) is 2.15. The van der Waals surface area contributed by atoms with Crippen LogP contribution in [0.25, 0.3) is 0 Å². The molecule has 9 nitrogen and oxygen atoms in total. The Labute approximate surface area is 223 Å². The topological polar surface area (TPSA) is 127 Å². The zero-order valence-electron chi connectivity index (χ0n) is 22.0. The molecule has 37 heavy (non-hydrogen) atoms. The first-order chi connectivity index (χ1) is 17.0. The fraction of sp³-hybridized carbons (Fsp3) is 0.407. The van der Waals surface area contributed by atoms with Crippen molar-refractivity contribution in [3.8, 4) is 17.6 Å². The van der Waals surface area contributed by atoms with E-state index in [0.29, 0.717) is 34.8 Å². The normalized spacial score (nSPS) is 10.5. The molecule has 0 unspecified atom stereocenters. The predicted molar refractivity (Wildman–Crippen MR) is 142 cm³/mol. The third-order valence-electron chi connectivity index (χ3n) is 5.38. The summed E-state index contributed by atoms with van der Waals surface area (Å²) in [6.45, 7) is 8.16. The van der Waals surface area contributed by atoms with Crippen LogP contribution in [0.2, 0.25) is 0 Å². The standard InChI is InChI=1S/C27H33N3O6.ClH/c1-7-35-24-12-19(18(13-28)10-20(24)26(33)29-5)14-30-15-22(31)17-8-9-23(36-16-25(32)34-6)21(11-17)27(2,3)4;/h8-12,30H,7,14-16H2,1-6H3,(H,29,33);1H. The van der Waals surface area contributed by atoms with Crippen molar-refractivity contribution in [3.05, 3.63) is 58.1 Å². The number of nitrogens with one attached hydrogen (secondary N) is 2. The Bertz CT molecular complexity index is 1170. The average Bonchev–Trinajstić information content (AvgIpc) is 2.86. The molecule has 0 spiro atoms. The summed E-state index contributed by atoms with van der Waals surface area (Å²) in [4.78, 5) is 36.6. The van der Waals surface area contributed by atoms with Gasteiger partial charge in [0.25, 0.3) is 5.91 Å². The van der Waals surface area contributed by atoms with Gasteiger partial charge < -0.3 is 24.8 Å². The molecule has 0 saturated carbocycles. The summed E-state index contributed by atoms with van der Waals surface area (Å²) in [6, 6.07) is 10.3. The maximum absolute atomic E-state index is 12.9. The Kier molecular flexibility index (Phi) is 12.1. The fourth-order valence-electron chi connectivity index (χ4n) is 3.48. The lowest BCUT2D eigenvalue weighted by atomic mass is 9.85. The number of Topliss-reactive ketones (excluding diaryl/α,β-unsaturated/α-hetero) is 1. The lowest BCUT2D eigenvalue weighted by molar-refractivity contribution is -0.142. The first kappa shape index (κ1) is 31.4. The molecular formula is C27H34ClN3O6. The number of ether oxygens (including phenoxy) is 3. The Hall–Kier alpha value is -3.61. The van der Waals surface area contributed by atoms with Crippen molar-refractivity contribution in [3.63, 3.8) is 0 Å². The summed E-state index contributed by atoms with van der Waals surface area (Å²) in [5.74, 6) is -0.109. The van der Waals surface area contributed by atoms with E-state index in [2.05, 4.69) is 21.4 Å². The first-order valence-corrected chi connectivity index (χ1v) is 11.6. The van der Waals surface area contributed by atoms with Gasteiger partial charge in [-0.05, 0) is 48.2 Å². The Morgan fingerprint density at radius 3 is 2.32 bits per heavy atom. The zero-order valence-corrected chi connectivity index (χ0v) is 22.8. The molecule has 0 aliphatic carbocycles. The van der Waals surface area contributed by atoms with Crippen LogP contribution in [0.3, 0.4) is 0 Å². The van der Waals surface area contributed by atoms with Crippen LogP contribution in [-0.4, -0.2) is 51.6 Å². The maximum Gasteiger partial charge on any atom is 0.343 e. The van der Waals surface area contributed by atoms with E-state index in [9.17, 15) is 19.6 Å². The quantitative estimate of drug-likeness (QED) is 0.333. The number of ketones is 1. The van der Waals surface area contributed by atoms with E-state index in [4.69, 9.17) is 9.47 Å². The summed E-state index contributed by atoms with van der Waals surface area (Å²) >= 11 is 0. The van der Waals surface area contributed by atoms with Gasteiger partial charge in [-0.25, -0.2) is 4.79 Å². The van der Waals surface area contributed by atoms with Crippen molar-refractivity contribution in [1.82, 2.24) is 10.6 Å². The summed E-state index contributed by atoms with van der Waals surface area (Å²) in [5, 5.41) is 15.2. The van der Waals surface area contributed by atoms with E-state index in [0.717, 1.165) is 5.56 Å². The van der Waals surface area contributed by atoms with Crippen LogP contribution in [0.1, 0.15) is 65.1 Å². The Morgan fingerprint density at radius 2 is 1.76 bits per heavy atom. The first-order valence-electron chi connectivity index (χ1n) is 11.6. The highest BCUT2D eigenvalue weighted by molar-refractivity contribution is 5.98. The van der Waals surface area contributed by atoms with E-state index in [1.807, 2.05) is 20.8 Å². The van der Waals surface area contributed by atoms with Crippen molar-refractivity contribution in [2.45, 2.75) is 39.7 Å². The average molecular weight is 532 g/mol. The van der Waals surface area contributed by atoms with Crippen molar-refractivity contribution < 1.29 is 28.6 Å². The number of esters is 1. The van der Waals surface area contributed by atoms with Gasteiger partial charge in [-0.1, -0.05) is 20.8 Å². The van der Waals surface area contributed by atoms with Crippen LogP contribution >= 0.6 is 12.4 Å². The van der Waals surface area contributed by atoms with Crippen LogP contribution in [0.4, 0.5) is 0 Å². The summed E-state index contributed by atoms with van der Waals surface area (Å²) in [6.07, 6.45) is 0. The second-order valence-electron chi connectivity index (χ2n) is 8.98. The SMILES string of the molecule is CCOc1cc(CNCC(=O)c2ccc(OCC(=O)OC)c(C(C)(C)C)c2)c(C#N)cc1C(=O)NC.Cl. The monoisotopic (exact) mass is 531 g/mol. The number of hydrogen-bond acceptors (Lipinski definition) is 8. The molecule has 2 N–H and O–H groups in total. The zero-order chi connectivity index (χ0) is 26.9. The number of benzene rings is 2. The molecule has 0 atom stereocenters. The molecule has 1 amide bonds. The largest absolute Gasteiger partial charge is 0.493 e. The molecular weight excluding hydrogens is 498 g/mol. The van der Waals surface area contributed by atoms with E-state index in [1.54, 1.807) is 31.2 Å². The highest BCUT2D eigenvalue weighted by Crippen LogP contribution is 2.32. The molecule has 0 saturated heterocycles. The fourth-order valence-corrected chi connectivity index (χ4v) is 3.48. The minimum absolute atomic E-state index is 0. The highest BCUT2D eigenvalue weighted by Gasteiger charge is 2.22. The van der Waals surface area contributed by atoms with Gasteiger partial charge in [0.15, 0.2) is 12.4 Å². The van der Waals surface area contributed by atoms with E-state index in [1.165, 1.54) is 20.2 Å². The van der Waals surface area contributed by atoms with Crippen molar-refractivity contribution in [2.24, 2.45) is 0 Å². The molecule has 0 bridgehead atoms. The van der Waals surface area contributed by atoms with Crippen molar-refractivity contribution in [2.75, 3.05) is 33.9 Å². The van der Waals surface area contributed by atoms with Gasteiger partial charge in [0.2, 0.25) is 0 Å². The number of carbonyl (C=O) groups is 3. The van der Waals surface area contributed by atoms with Crippen LogP contribution in [0.15, 0.2) is 30.3 Å². The molecule has 0 radical (unpaired) electrons. The lowest BCUT2D eigenvalue weighted by Gasteiger charge is -2.23. The lowest BCUT2D eigenvalue weighted by Crippen LogP contribution is -2.24. The smallest absolute Gasteiger partial charge is 0.343 e. The number of carbonyl (C=O) groups excluding carboxylic acids is 3. The number of halogens is 1. The molecule has 0 heterocycles. The molecule has 0 aliphatic heterocycles. The van der Waals surface area contributed by atoms with Gasteiger partial charge in [0, 0.05) is 24.7 Å². The minimum atomic E-state index is -0.494. The van der Waals surface area contributed by atoms with Crippen LogP contribution in [-0.2, 0) is 21.5 Å². The molecule has 10 heteroatoms. The van der Waals surface area contributed by atoms with Crippen molar-refractivity contribution >= 4 is 30.1 Å². The molecule has 0 fully saturated rings. The van der Waals surface area contributed by atoms with Gasteiger partial charge in [-0.2, -0.15) is 5.26 Å². The van der Waals surface area contributed by atoms with Gasteiger partial charge in [0.05, 0.1) is 37.5 Å². The summed E-state index contributed by atoms with van der Waals surface area (Å²) < 4.78 is 15.8. The highest BCUT2D eigenvalue weighted by atomic mass is 35.5. The number of methoxy groups -OCH3 is 1. The molecule has 200 valence electrons. The second kappa shape index (κ2) is 14.2.